The third kappa shape index (κ3) is 3.37. The van der Waals surface area contributed by atoms with Crippen LogP contribution in [0.4, 0.5) is 0 Å². The van der Waals surface area contributed by atoms with Gasteiger partial charge in [-0.05, 0) is 25.5 Å². The second-order valence-corrected chi connectivity index (χ2v) is 7.64. The molecule has 1 heterocycles. The maximum atomic E-state index is 12.5. The van der Waals surface area contributed by atoms with Gasteiger partial charge in [0.2, 0.25) is 10.0 Å². The highest BCUT2D eigenvalue weighted by Gasteiger charge is 2.33. The summed E-state index contributed by atoms with van der Waals surface area (Å²) >= 11 is 0. The van der Waals surface area contributed by atoms with E-state index in [1.165, 1.54) is 4.31 Å². The van der Waals surface area contributed by atoms with Gasteiger partial charge in [-0.3, -0.25) is 0 Å². The molecule has 0 unspecified atom stereocenters. The molecular weight excluding hydrogens is 274 g/mol. The van der Waals surface area contributed by atoms with Crippen molar-refractivity contribution in [3.63, 3.8) is 0 Å². The van der Waals surface area contributed by atoms with Gasteiger partial charge in [0, 0.05) is 25.2 Å². The van der Waals surface area contributed by atoms with Crippen LogP contribution in [0.5, 0.6) is 0 Å². The average Bonchev–Trinajstić information content (AvgIpc) is 2.38. The summed E-state index contributed by atoms with van der Waals surface area (Å²) < 4.78 is 26.5. The molecule has 5 nitrogen and oxygen atoms in total. The minimum atomic E-state index is -3.40. The fourth-order valence-corrected chi connectivity index (χ4v) is 4.09. The van der Waals surface area contributed by atoms with Gasteiger partial charge in [-0.2, -0.15) is 9.57 Å². The summed E-state index contributed by atoms with van der Waals surface area (Å²) in [5, 5.41) is 12.3. The normalized spacial score (nSPS) is 19.4. The van der Waals surface area contributed by atoms with Crippen LogP contribution in [0.25, 0.3) is 0 Å². The highest BCUT2D eigenvalue weighted by atomic mass is 32.2. The topological polar surface area (TPSA) is 73.2 Å². The van der Waals surface area contributed by atoms with Gasteiger partial charge in [0.15, 0.2) is 0 Å². The molecule has 0 bridgehead atoms. The molecule has 108 valence electrons. The molecule has 1 N–H and O–H groups in total. The molecule has 1 fully saturated rings. The van der Waals surface area contributed by atoms with Gasteiger partial charge < -0.3 is 5.32 Å². The van der Waals surface area contributed by atoms with Crippen molar-refractivity contribution in [3.8, 4) is 6.07 Å². The van der Waals surface area contributed by atoms with Crippen molar-refractivity contribution in [2.75, 3.05) is 19.6 Å². The standard InChI is InChI=1S/C14H19N3O2S/c1-14(2)11-17(8-7-16-14)20(18,19)10-13-6-4-3-5-12(13)9-15/h3-6,16H,7-8,10-11H2,1-2H3. The van der Waals surface area contributed by atoms with Crippen molar-refractivity contribution in [1.29, 1.82) is 5.26 Å². The fourth-order valence-electron chi connectivity index (χ4n) is 2.38. The summed E-state index contributed by atoms with van der Waals surface area (Å²) in [4.78, 5) is 0. The SMILES string of the molecule is CC1(C)CN(S(=O)(=O)Cc2ccccc2C#N)CCN1. The lowest BCUT2D eigenvalue weighted by molar-refractivity contribution is 0.233. The number of sulfonamides is 1. The number of hydrogen-bond donors (Lipinski definition) is 1. The lowest BCUT2D eigenvalue weighted by Gasteiger charge is -2.38. The second-order valence-electron chi connectivity index (χ2n) is 5.67. The summed E-state index contributed by atoms with van der Waals surface area (Å²) in [6, 6.07) is 8.88. The molecule has 20 heavy (non-hydrogen) atoms. The van der Waals surface area contributed by atoms with Crippen LogP contribution < -0.4 is 5.32 Å². The highest BCUT2D eigenvalue weighted by Crippen LogP contribution is 2.19. The van der Waals surface area contributed by atoms with Gasteiger partial charge in [0.25, 0.3) is 0 Å². The molecular formula is C14H19N3O2S. The number of benzene rings is 1. The van der Waals surface area contributed by atoms with Crippen molar-refractivity contribution in [2.24, 2.45) is 0 Å². The molecule has 0 radical (unpaired) electrons. The van der Waals surface area contributed by atoms with E-state index in [1.807, 2.05) is 19.9 Å². The Morgan fingerprint density at radius 2 is 2.10 bits per heavy atom. The molecule has 0 aromatic heterocycles. The van der Waals surface area contributed by atoms with Crippen LogP contribution >= 0.6 is 0 Å². The molecule has 0 saturated carbocycles. The monoisotopic (exact) mass is 293 g/mol. The number of nitrogens with zero attached hydrogens (tertiary/aromatic N) is 2. The Morgan fingerprint density at radius 3 is 2.75 bits per heavy atom. The average molecular weight is 293 g/mol. The van der Waals surface area contributed by atoms with Gasteiger partial charge in [0.05, 0.1) is 17.4 Å². The molecule has 1 aliphatic rings. The van der Waals surface area contributed by atoms with Crippen molar-refractivity contribution in [2.45, 2.75) is 25.1 Å². The predicted octanol–water partition coefficient (Wildman–Crippen LogP) is 1.07. The Balaban J connectivity index is 2.21. The maximum Gasteiger partial charge on any atom is 0.218 e. The van der Waals surface area contributed by atoms with Crippen LogP contribution in [-0.4, -0.2) is 37.9 Å². The zero-order valence-electron chi connectivity index (χ0n) is 11.8. The Bertz CT molecular complexity index is 632. The maximum absolute atomic E-state index is 12.5. The lowest BCUT2D eigenvalue weighted by atomic mass is 10.0. The van der Waals surface area contributed by atoms with Gasteiger partial charge in [0.1, 0.15) is 0 Å². The molecule has 0 aliphatic carbocycles. The van der Waals surface area contributed by atoms with Crippen LogP contribution in [0.15, 0.2) is 24.3 Å². The van der Waals surface area contributed by atoms with E-state index in [9.17, 15) is 8.42 Å². The zero-order chi connectivity index (χ0) is 14.8. The van der Waals surface area contributed by atoms with Gasteiger partial charge in [-0.15, -0.1) is 0 Å². The fraction of sp³-hybridized carbons (Fsp3) is 0.500. The smallest absolute Gasteiger partial charge is 0.218 e. The highest BCUT2D eigenvalue weighted by molar-refractivity contribution is 7.88. The summed E-state index contributed by atoms with van der Waals surface area (Å²) in [5.74, 6) is -0.118. The third-order valence-corrected chi connectivity index (χ3v) is 5.18. The third-order valence-electron chi connectivity index (χ3n) is 3.41. The molecule has 1 saturated heterocycles. The first-order chi connectivity index (χ1) is 9.34. The molecule has 2 rings (SSSR count). The largest absolute Gasteiger partial charge is 0.309 e. The number of hydrogen-bond acceptors (Lipinski definition) is 4. The molecule has 0 amide bonds. The van der Waals surface area contributed by atoms with Gasteiger partial charge in [-0.1, -0.05) is 18.2 Å². The Labute approximate surface area is 120 Å². The number of nitriles is 1. The van der Waals surface area contributed by atoms with Crippen molar-refractivity contribution in [3.05, 3.63) is 35.4 Å². The van der Waals surface area contributed by atoms with Crippen LogP contribution in [0.3, 0.4) is 0 Å². The van der Waals surface area contributed by atoms with Crippen molar-refractivity contribution in [1.82, 2.24) is 9.62 Å². The van der Waals surface area contributed by atoms with E-state index < -0.39 is 10.0 Å². The van der Waals surface area contributed by atoms with Crippen LogP contribution in [-0.2, 0) is 15.8 Å². The summed E-state index contributed by atoms with van der Waals surface area (Å²) in [7, 11) is -3.40. The van der Waals surface area contributed by atoms with Crippen molar-refractivity contribution >= 4 is 10.0 Å². The van der Waals surface area contributed by atoms with Crippen LogP contribution in [0, 0.1) is 11.3 Å². The van der Waals surface area contributed by atoms with E-state index >= 15 is 0 Å². The molecule has 0 spiro atoms. The van der Waals surface area contributed by atoms with E-state index in [0.717, 1.165) is 0 Å². The number of rotatable bonds is 3. The first-order valence-corrected chi connectivity index (χ1v) is 8.16. The zero-order valence-corrected chi connectivity index (χ0v) is 12.6. The van der Waals surface area contributed by atoms with Crippen molar-refractivity contribution < 1.29 is 8.42 Å². The molecule has 1 aliphatic heterocycles. The Morgan fingerprint density at radius 1 is 1.40 bits per heavy atom. The molecule has 1 aromatic rings. The predicted molar refractivity (Wildman–Crippen MR) is 77.4 cm³/mol. The Hall–Kier alpha value is -1.42. The number of piperazine rings is 1. The Kier molecular flexibility index (Phi) is 4.14. The van der Waals surface area contributed by atoms with E-state index in [-0.39, 0.29) is 11.3 Å². The quantitative estimate of drug-likeness (QED) is 0.905. The summed E-state index contributed by atoms with van der Waals surface area (Å²) in [5.41, 5.74) is 0.761. The van der Waals surface area contributed by atoms with Crippen LogP contribution in [0.2, 0.25) is 0 Å². The van der Waals surface area contributed by atoms with E-state index in [2.05, 4.69) is 5.32 Å². The second kappa shape index (κ2) is 5.52. The van der Waals surface area contributed by atoms with Gasteiger partial charge in [-0.25, -0.2) is 8.42 Å². The van der Waals surface area contributed by atoms with Gasteiger partial charge >= 0.3 is 0 Å². The lowest BCUT2D eigenvalue weighted by Crippen LogP contribution is -2.58. The molecule has 0 atom stereocenters. The molecule has 1 aromatic carbocycles. The minimum absolute atomic E-state index is 0.118. The summed E-state index contributed by atoms with van der Waals surface area (Å²) in [6.07, 6.45) is 0. The van der Waals surface area contributed by atoms with E-state index in [1.54, 1.807) is 24.3 Å². The first kappa shape index (κ1) is 15.0. The number of nitrogens with one attached hydrogen (secondary N) is 1. The van der Waals surface area contributed by atoms with E-state index in [0.29, 0.717) is 30.8 Å². The van der Waals surface area contributed by atoms with E-state index in [4.69, 9.17) is 5.26 Å². The first-order valence-electron chi connectivity index (χ1n) is 6.55. The van der Waals surface area contributed by atoms with Crippen LogP contribution in [0.1, 0.15) is 25.0 Å². The molecule has 6 heteroatoms. The minimum Gasteiger partial charge on any atom is -0.309 e. The summed E-state index contributed by atoms with van der Waals surface area (Å²) in [6.45, 7) is 5.53.